The van der Waals surface area contributed by atoms with Gasteiger partial charge in [-0.15, -0.1) is 0 Å². The smallest absolute Gasteiger partial charge is 0.327 e. The maximum atomic E-state index is 14.3. The van der Waals surface area contributed by atoms with Crippen LogP contribution in [0.25, 0.3) is 0 Å². The van der Waals surface area contributed by atoms with Crippen LogP contribution >= 0.6 is 0 Å². The number of hydrogen-bond donors (Lipinski definition) is 0. The largest absolute Gasteiger partial charge is 0.355 e. The Morgan fingerprint density at radius 1 is 0.553 bits per heavy atom. The Kier molecular flexibility index (Phi) is 9.22. The number of urea groups is 2. The first-order valence-electron chi connectivity index (χ1n) is 13.7. The zero-order valence-corrected chi connectivity index (χ0v) is 26.5. The first-order valence-corrected chi connectivity index (χ1v) is 13.7. The molecule has 10 heteroatoms. The Labute approximate surface area is 230 Å². The second-order valence-corrected chi connectivity index (χ2v) is 14.4. The van der Waals surface area contributed by atoms with Crippen LogP contribution in [0.5, 0.6) is 0 Å². The van der Waals surface area contributed by atoms with Crippen LogP contribution in [0.1, 0.15) is 110 Å². The van der Waals surface area contributed by atoms with Crippen LogP contribution in [0.15, 0.2) is 0 Å². The highest BCUT2D eigenvalue weighted by Gasteiger charge is 2.76. The highest BCUT2D eigenvalue weighted by molar-refractivity contribution is 5.88. The molecule has 2 saturated heterocycles. The minimum absolute atomic E-state index is 0.00355. The number of amides is 4. The molecule has 0 bridgehead atoms. The zero-order chi connectivity index (χ0) is 29.5. The van der Waals surface area contributed by atoms with Crippen molar-refractivity contribution in [3.8, 4) is 0 Å². The number of carbonyl (C=O) groups excluding carboxylic acids is 2. The number of fused-ring (bicyclic) bond motifs is 1. The lowest BCUT2D eigenvalue weighted by Crippen LogP contribution is -2.67. The lowest BCUT2D eigenvalue weighted by atomic mass is 9.89. The molecule has 0 radical (unpaired) electrons. The van der Waals surface area contributed by atoms with Crippen molar-refractivity contribution < 1.29 is 28.5 Å². The van der Waals surface area contributed by atoms with Gasteiger partial charge in [0.25, 0.3) is 0 Å². The van der Waals surface area contributed by atoms with E-state index in [2.05, 4.69) is 6.92 Å². The molecule has 0 spiro atoms. The highest BCUT2D eigenvalue weighted by Crippen LogP contribution is 2.54. The molecule has 2 aliphatic rings. The number of nitrogens with zero attached hydrogens (tertiary/aromatic N) is 4. The number of hydrogen-bond acceptors (Lipinski definition) is 6. The normalized spacial score (nSPS) is 25.2. The molecule has 0 aromatic carbocycles. The van der Waals surface area contributed by atoms with Crippen LogP contribution in [0.2, 0.25) is 0 Å². The van der Waals surface area contributed by atoms with Crippen LogP contribution < -0.4 is 0 Å². The van der Waals surface area contributed by atoms with E-state index < -0.39 is 33.7 Å². The third-order valence-electron chi connectivity index (χ3n) is 6.73. The predicted octanol–water partition coefficient (Wildman–Crippen LogP) is 5.76. The molecule has 222 valence electrons. The zero-order valence-electron chi connectivity index (χ0n) is 26.5. The quantitative estimate of drug-likeness (QED) is 0.349. The molecule has 4 amide bonds. The second-order valence-electron chi connectivity index (χ2n) is 14.4. The monoisotopic (exact) mass is 542 g/mol. The van der Waals surface area contributed by atoms with E-state index >= 15 is 0 Å². The average molecular weight is 543 g/mol. The minimum atomic E-state index is -1.13. The molecule has 0 atom stereocenters. The van der Waals surface area contributed by atoms with E-state index in [9.17, 15) is 9.59 Å². The molecule has 2 aliphatic heterocycles. The van der Waals surface area contributed by atoms with Gasteiger partial charge in [0, 0.05) is 0 Å². The van der Waals surface area contributed by atoms with Gasteiger partial charge in [-0.3, -0.25) is 19.6 Å². The summed E-state index contributed by atoms with van der Waals surface area (Å²) in [5.74, 6) is 0. The third kappa shape index (κ3) is 6.74. The Balaban J connectivity index is 2.76. The summed E-state index contributed by atoms with van der Waals surface area (Å²) in [6, 6.07) is -0.521. The topological polar surface area (TPSA) is 84.0 Å². The summed E-state index contributed by atoms with van der Waals surface area (Å²) in [7, 11) is 0. The van der Waals surface area contributed by atoms with Gasteiger partial charge >= 0.3 is 12.1 Å². The fourth-order valence-corrected chi connectivity index (χ4v) is 4.79. The van der Waals surface area contributed by atoms with Gasteiger partial charge in [-0.2, -0.15) is 0 Å². The van der Waals surface area contributed by atoms with Gasteiger partial charge < -0.3 is 18.9 Å². The van der Waals surface area contributed by atoms with E-state index in [-0.39, 0.29) is 39.0 Å². The molecule has 0 unspecified atom stereocenters. The van der Waals surface area contributed by atoms with Gasteiger partial charge in [0.15, 0.2) is 11.3 Å². The van der Waals surface area contributed by atoms with E-state index in [1.807, 2.05) is 90.0 Å². The van der Waals surface area contributed by atoms with Gasteiger partial charge in [-0.05, 0) is 96.4 Å². The molecule has 0 saturated carbocycles. The van der Waals surface area contributed by atoms with Gasteiger partial charge in [-0.25, -0.2) is 9.59 Å². The lowest BCUT2D eigenvalue weighted by molar-refractivity contribution is -0.171. The van der Waals surface area contributed by atoms with Gasteiger partial charge in [0.05, 0.1) is 22.4 Å². The summed E-state index contributed by atoms with van der Waals surface area (Å²) in [5.41, 5.74) is -4.20. The summed E-state index contributed by atoms with van der Waals surface area (Å²) in [4.78, 5) is 35.3. The Morgan fingerprint density at radius 3 is 1.05 bits per heavy atom. The summed E-state index contributed by atoms with van der Waals surface area (Å²) in [6.07, 6.45) is 1.23. The molecule has 0 aromatic rings. The predicted molar refractivity (Wildman–Crippen MR) is 147 cm³/mol. The molecule has 0 N–H and O–H groups in total. The van der Waals surface area contributed by atoms with E-state index in [1.165, 1.54) is 0 Å². The molecule has 2 heterocycles. The van der Waals surface area contributed by atoms with Crippen molar-refractivity contribution in [3.63, 3.8) is 0 Å². The van der Waals surface area contributed by atoms with Crippen LogP contribution in [0.4, 0.5) is 9.59 Å². The number of rotatable bonds is 10. The molecular formula is C28H54N4O6. The van der Waals surface area contributed by atoms with Crippen molar-refractivity contribution in [1.29, 1.82) is 0 Å². The van der Waals surface area contributed by atoms with Crippen molar-refractivity contribution in [2.45, 2.75) is 144 Å². The summed E-state index contributed by atoms with van der Waals surface area (Å²) >= 11 is 0. The number of carbonyl (C=O) groups is 2. The SMILES string of the molecule is CCCC12N(COC(C)(C)C)C(=O)N(COC(C)(C)C)C1(C)N(COC(C)(C)C)C(=O)N2COC(C)(C)C. The standard InChI is InChI=1S/C28H54N4O6/c1-15-16-28-27(14,29(17-35-23(2,3)4)21(33)31(28)19-37-25(8,9)10)30(18-36-24(5,6)7)22(34)32(28)20-38-26(11,12)13/h15-20H2,1-14H3. The highest BCUT2D eigenvalue weighted by atomic mass is 16.5. The molecular weight excluding hydrogens is 488 g/mol. The van der Waals surface area contributed by atoms with E-state index in [0.29, 0.717) is 6.42 Å². The van der Waals surface area contributed by atoms with Crippen molar-refractivity contribution in [2.24, 2.45) is 0 Å². The summed E-state index contributed by atoms with van der Waals surface area (Å²) in [6.45, 7) is 27.4. The third-order valence-corrected chi connectivity index (χ3v) is 6.73. The Hall–Kier alpha value is -1.62. The average Bonchev–Trinajstić information content (AvgIpc) is 2.97. The van der Waals surface area contributed by atoms with Gasteiger partial charge in [-0.1, -0.05) is 13.3 Å². The molecule has 10 nitrogen and oxygen atoms in total. The molecule has 2 fully saturated rings. The molecule has 38 heavy (non-hydrogen) atoms. The fourth-order valence-electron chi connectivity index (χ4n) is 4.79. The maximum absolute atomic E-state index is 14.3. The Morgan fingerprint density at radius 2 is 0.816 bits per heavy atom. The van der Waals surface area contributed by atoms with Crippen molar-refractivity contribution in [2.75, 3.05) is 26.9 Å². The van der Waals surface area contributed by atoms with Crippen molar-refractivity contribution >= 4 is 12.1 Å². The van der Waals surface area contributed by atoms with Crippen LogP contribution in [-0.2, 0) is 18.9 Å². The molecule has 0 aliphatic carbocycles. The fraction of sp³-hybridized carbons (Fsp3) is 0.929. The molecule has 0 aromatic heterocycles. The van der Waals surface area contributed by atoms with Crippen LogP contribution in [0.3, 0.4) is 0 Å². The first kappa shape index (κ1) is 32.6. The lowest BCUT2D eigenvalue weighted by Gasteiger charge is -2.48. The van der Waals surface area contributed by atoms with Crippen molar-refractivity contribution in [1.82, 2.24) is 19.6 Å². The summed E-state index contributed by atoms with van der Waals surface area (Å²) in [5, 5.41) is 0. The maximum Gasteiger partial charge on any atom is 0.327 e. The van der Waals surface area contributed by atoms with Gasteiger partial charge in [0.1, 0.15) is 26.9 Å². The second kappa shape index (κ2) is 10.7. The van der Waals surface area contributed by atoms with Gasteiger partial charge in [0.2, 0.25) is 0 Å². The van der Waals surface area contributed by atoms with E-state index in [0.717, 1.165) is 6.42 Å². The van der Waals surface area contributed by atoms with Crippen molar-refractivity contribution in [3.05, 3.63) is 0 Å². The first-order chi connectivity index (χ1) is 17.0. The Bertz CT molecular complexity index is 789. The molecule has 2 rings (SSSR count). The van der Waals surface area contributed by atoms with E-state index in [1.54, 1.807) is 19.6 Å². The van der Waals surface area contributed by atoms with Crippen LogP contribution in [-0.4, -0.2) is 92.3 Å². The van der Waals surface area contributed by atoms with E-state index in [4.69, 9.17) is 18.9 Å². The summed E-state index contributed by atoms with van der Waals surface area (Å²) < 4.78 is 24.7. The number of ether oxygens (including phenoxy) is 4. The van der Waals surface area contributed by atoms with Crippen LogP contribution in [0, 0.1) is 0 Å². The minimum Gasteiger partial charge on any atom is -0.355 e.